The van der Waals surface area contributed by atoms with Gasteiger partial charge in [0.25, 0.3) is 11.6 Å². The lowest BCUT2D eigenvalue weighted by atomic mass is 10.2. The van der Waals surface area contributed by atoms with Crippen molar-refractivity contribution in [3.05, 3.63) is 39.9 Å². The summed E-state index contributed by atoms with van der Waals surface area (Å²) in [5.41, 5.74) is 0.479. The molecule has 1 aromatic rings. The van der Waals surface area contributed by atoms with Gasteiger partial charge in [-0.2, -0.15) is 0 Å². The molecule has 5 nitrogen and oxygen atoms in total. The number of nitro groups is 1. The molecule has 0 radical (unpaired) electrons. The molecule has 18 heavy (non-hydrogen) atoms. The minimum atomic E-state index is -0.476. The van der Waals surface area contributed by atoms with Gasteiger partial charge in [-0.05, 0) is 25.5 Å². The fourth-order valence-corrected chi connectivity index (χ4v) is 1.81. The SMILES string of the molecule is CCN(CCCBr)C(=O)c1ccc([N+](=O)[O-])cc1. The van der Waals surface area contributed by atoms with Crippen molar-refractivity contribution in [1.82, 2.24) is 4.90 Å². The summed E-state index contributed by atoms with van der Waals surface area (Å²) in [5, 5.41) is 11.4. The monoisotopic (exact) mass is 314 g/mol. The third-order valence-corrected chi connectivity index (χ3v) is 3.12. The number of benzene rings is 1. The van der Waals surface area contributed by atoms with E-state index in [-0.39, 0.29) is 11.6 Å². The number of hydrogen-bond acceptors (Lipinski definition) is 3. The van der Waals surface area contributed by atoms with Gasteiger partial charge in [-0.3, -0.25) is 14.9 Å². The number of hydrogen-bond donors (Lipinski definition) is 0. The van der Waals surface area contributed by atoms with Gasteiger partial charge in [0.05, 0.1) is 4.92 Å². The first kappa shape index (κ1) is 14.6. The lowest BCUT2D eigenvalue weighted by molar-refractivity contribution is -0.384. The van der Waals surface area contributed by atoms with E-state index >= 15 is 0 Å². The Bertz CT molecular complexity index is 420. The molecule has 0 N–H and O–H groups in total. The number of nitro benzene ring substituents is 1. The summed E-state index contributed by atoms with van der Waals surface area (Å²) < 4.78 is 0. The zero-order chi connectivity index (χ0) is 13.5. The second kappa shape index (κ2) is 7.10. The molecular weight excluding hydrogens is 300 g/mol. The van der Waals surface area contributed by atoms with E-state index in [2.05, 4.69) is 15.9 Å². The molecule has 6 heteroatoms. The standard InChI is InChI=1S/C12H15BrN2O3/c1-2-14(9-3-8-13)12(16)10-4-6-11(7-5-10)15(17)18/h4-7H,2-3,8-9H2,1H3. The Kier molecular flexibility index (Phi) is 5.77. The zero-order valence-electron chi connectivity index (χ0n) is 10.1. The Labute approximate surface area is 114 Å². The van der Waals surface area contributed by atoms with E-state index in [9.17, 15) is 14.9 Å². The lowest BCUT2D eigenvalue weighted by Gasteiger charge is -2.20. The molecule has 0 bridgehead atoms. The normalized spacial score (nSPS) is 10.1. The third-order valence-electron chi connectivity index (χ3n) is 2.56. The summed E-state index contributed by atoms with van der Waals surface area (Å²) in [6.07, 6.45) is 0.882. The van der Waals surface area contributed by atoms with Crippen molar-refractivity contribution in [3.8, 4) is 0 Å². The van der Waals surface area contributed by atoms with Crippen LogP contribution in [0.5, 0.6) is 0 Å². The van der Waals surface area contributed by atoms with Crippen LogP contribution < -0.4 is 0 Å². The number of carbonyl (C=O) groups is 1. The van der Waals surface area contributed by atoms with E-state index in [0.717, 1.165) is 11.8 Å². The number of alkyl halides is 1. The van der Waals surface area contributed by atoms with E-state index in [1.165, 1.54) is 24.3 Å². The molecule has 0 unspecified atom stereocenters. The highest BCUT2D eigenvalue weighted by atomic mass is 79.9. The second-order valence-electron chi connectivity index (χ2n) is 3.73. The lowest BCUT2D eigenvalue weighted by Crippen LogP contribution is -2.31. The molecule has 98 valence electrons. The van der Waals surface area contributed by atoms with Crippen LogP contribution in [-0.2, 0) is 0 Å². The number of halogens is 1. The van der Waals surface area contributed by atoms with Crippen LogP contribution in [0.3, 0.4) is 0 Å². The van der Waals surface area contributed by atoms with Crippen molar-refractivity contribution < 1.29 is 9.72 Å². The zero-order valence-corrected chi connectivity index (χ0v) is 11.7. The number of carbonyl (C=O) groups excluding carboxylic acids is 1. The maximum atomic E-state index is 12.1. The molecule has 0 aromatic heterocycles. The summed E-state index contributed by atoms with van der Waals surface area (Å²) in [6, 6.07) is 5.70. The molecular formula is C12H15BrN2O3. The van der Waals surface area contributed by atoms with Crippen LogP contribution >= 0.6 is 15.9 Å². The smallest absolute Gasteiger partial charge is 0.269 e. The second-order valence-corrected chi connectivity index (χ2v) is 4.52. The van der Waals surface area contributed by atoms with Gasteiger partial charge in [0.1, 0.15) is 0 Å². The Morgan fingerprint density at radius 1 is 1.39 bits per heavy atom. The maximum absolute atomic E-state index is 12.1. The van der Waals surface area contributed by atoms with Gasteiger partial charge in [-0.15, -0.1) is 0 Å². The first-order valence-electron chi connectivity index (χ1n) is 5.69. The fraction of sp³-hybridized carbons (Fsp3) is 0.417. The van der Waals surface area contributed by atoms with Gasteiger partial charge in [0.2, 0.25) is 0 Å². The average molecular weight is 315 g/mol. The molecule has 0 heterocycles. The van der Waals surface area contributed by atoms with Crippen molar-refractivity contribution in [2.45, 2.75) is 13.3 Å². The van der Waals surface area contributed by atoms with Crippen LogP contribution in [0, 0.1) is 10.1 Å². The van der Waals surface area contributed by atoms with Gasteiger partial charge in [0.15, 0.2) is 0 Å². The topological polar surface area (TPSA) is 63.5 Å². The molecule has 0 spiro atoms. The summed E-state index contributed by atoms with van der Waals surface area (Å²) in [6.45, 7) is 3.22. The van der Waals surface area contributed by atoms with Crippen molar-refractivity contribution in [2.75, 3.05) is 18.4 Å². The predicted octanol–water partition coefficient (Wildman–Crippen LogP) is 2.84. The molecule has 1 amide bonds. The van der Waals surface area contributed by atoms with E-state index in [4.69, 9.17) is 0 Å². The number of nitrogens with zero attached hydrogens (tertiary/aromatic N) is 2. The van der Waals surface area contributed by atoms with Crippen molar-refractivity contribution >= 4 is 27.5 Å². The molecule has 0 aliphatic carbocycles. The molecule has 0 saturated heterocycles. The quantitative estimate of drug-likeness (QED) is 0.461. The van der Waals surface area contributed by atoms with E-state index in [0.29, 0.717) is 18.7 Å². The summed E-state index contributed by atoms with van der Waals surface area (Å²) in [4.78, 5) is 23.9. The van der Waals surface area contributed by atoms with E-state index in [1.54, 1.807) is 4.90 Å². The van der Waals surface area contributed by atoms with Gasteiger partial charge < -0.3 is 4.90 Å². The molecule has 0 atom stereocenters. The van der Waals surface area contributed by atoms with Crippen LogP contribution in [0.1, 0.15) is 23.7 Å². The van der Waals surface area contributed by atoms with E-state index in [1.807, 2.05) is 6.92 Å². The summed E-state index contributed by atoms with van der Waals surface area (Å²) >= 11 is 3.32. The minimum absolute atomic E-state index is 0.00458. The van der Waals surface area contributed by atoms with Crippen LogP contribution in [0.4, 0.5) is 5.69 Å². The Balaban J connectivity index is 2.78. The van der Waals surface area contributed by atoms with Crippen molar-refractivity contribution in [1.29, 1.82) is 0 Å². The molecule has 1 aromatic carbocycles. The highest BCUT2D eigenvalue weighted by molar-refractivity contribution is 9.09. The van der Waals surface area contributed by atoms with E-state index < -0.39 is 4.92 Å². The predicted molar refractivity (Wildman–Crippen MR) is 73.1 cm³/mol. The molecule has 0 saturated carbocycles. The van der Waals surface area contributed by atoms with Crippen LogP contribution in [-0.4, -0.2) is 34.2 Å². The highest BCUT2D eigenvalue weighted by Gasteiger charge is 2.14. The third kappa shape index (κ3) is 3.80. The number of amides is 1. The fourth-order valence-electron chi connectivity index (χ4n) is 1.56. The van der Waals surface area contributed by atoms with Gasteiger partial charge in [0, 0.05) is 36.1 Å². The van der Waals surface area contributed by atoms with Crippen molar-refractivity contribution in [3.63, 3.8) is 0 Å². The first-order chi connectivity index (χ1) is 8.60. The molecule has 0 aliphatic heterocycles. The summed E-state index contributed by atoms with van der Waals surface area (Å²) in [5.74, 6) is -0.0895. The van der Waals surface area contributed by atoms with Crippen LogP contribution in [0.15, 0.2) is 24.3 Å². The first-order valence-corrected chi connectivity index (χ1v) is 6.82. The summed E-state index contributed by atoms with van der Waals surface area (Å²) in [7, 11) is 0. The minimum Gasteiger partial charge on any atom is -0.339 e. The Morgan fingerprint density at radius 3 is 2.44 bits per heavy atom. The average Bonchev–Trinajstić information content (AvgIpc) is 2.39. The van der Waals surface area contributed by atoms with Crippen LogP contribution in [0.25, 0.3) is 0 Å². The Hall–Kier alpha value is -1.43. The molecule has 1 rings (SSSR count). The molecule has 0 fully saturated rings. The number of non-ortho nitro benzene ring substituents is 1. The maximum Gasteiger partial charge on any atom is 0.269 e. The van der Waals surface area contributed by atoms with Gasteiger partial charge >= 0.3 is 0 Å². The Morgan fingerprint density at radius 2 is 2.00 bits per heavy atom. The van der Waals surface area contributed by atoms with Gasteiger partial charge in [-0.25, -0.2) is 0 Å². The largest absolute Gasteiger partial charge is 0.339 e. The van der Waals surface area contributed by atoms with Gasteiger partial charge in [-0.1, -0.05) is 15.9 Å². The number of rotatable bonds is 6. The van der Waals surface area contributed by atoms with Crippen LogP contribution in [0.2, 0.25) is 0 Å². The molecule has 0 aliphatic rings. The highest BCUT2D eigenvalue weighted by Crippen LogP contribution is 2.13. The van der Waals surface area contributed by atoms with Crippen molar-refractivity contribution in [2.24, 2.45) is 0 Å².